The molecule has 0 aliphatic heterocycles. The normalized spacial score (nSPS) is 12.1. The number of aliphatic hydroxyl groups is 1. The van der Waals surface area contributed by atoms with Crippen molar-refractivity contribution in [3.63, 3.8) is 0 Å². The highest BCUT2D eigenvalue weighted by Gasteiger charge is 2.17. The Morgan fingerprint density at radius 3 is 2.75 bits per heavy atom. The van der Waals surface area contributed by atoms with Crippen LogP contribution in [0.2, 0.25) is 0 Å². The number of nitrogen functional groups attached to an aromatic ring is 1. The zero-order chi connectivity index (χ0) is 15.3. The average Bonchev–Trinajstić information content (AvgIpc) is 2.36. The molecule has 1 aromatic rings. The molecule has 6 heteroatoms. The number of carbonyl (C=O) groups is 1. The van der Waals surface area contributed by atoms with Crippen LogP contribution in [0.5, 0.6) is 0 Å². The molecule has 0 aliphatic rings. The summed E-state index contributed by atoms with van der Waals surface area (Å²) < 4.78 is 18.8. The maximum Gasteiger partial charge on any atom is 0.340 e. The van der Waals surface area contributed by atoms with Crippen LogP contribution in [-0.4, -0.2) is 37.4 Å². The topological polar surface area (TPSA) is 75.8 Å². The van der Waals surface area contributed by atoms with Gasteiger partial charge in [-0.05, 0) is 32.4 Å². The number of carbonyl (C=O) groups excluding carboxylic acids is 1. The molecule has 0 saturated carbocycles. The fourth-order valence-electron chi connectivity index (χ4n) is 1.76. The molecular weight excluding hydrogens is 263 g/mol. The molecule has 0 saturated heterocycles. The summed E-state index contributed by atoms with van der Waals surface area (Å²) in [5.41, 5.74) is 6.09. The molecule has 1 aromatic carbocycles. The summed E-state index contributed by atoms with van der Waals surface area (Å²) in [7, 11) is 1.69. The van der Waals surface area contributed by atoms with Crippen LogP contribution in [0.1, 0.15) is 30.6 Å². The van der Waals surface area contributed by atoms with Gasteiger partial charge in [-0.1, -0.05) is 0 Å². The smallest absolute Gasteiger partial charge is 0.340 e. The Hall–Kier alpha value is -1.82. The van der Waals surface area contributed by atoms with Gasteiger partial charge in [-0.25, -0.2) is 9.18 Å². The summed E-state index contributed by atoms with van der Waals surface area (Å²) in [5, 5.41) is 9.26. The average molecular weight is 284 g/mol. The predicted molar refractivity (Wildman–Crippen MR) is 76.3 cm³/mol. The van der Waals surface area contributed by atoms with Gasteiger partial charge in [0.05, 0.1) is 24.0 Å². The molecule has 1 unspecified atom stereocenters. The van der Waals surface area contributed by atoms with Crippen LogP contribution in [0, 0.1) is 5.82 Å². The van der Waals surface area contributed by atoms with Gasteiger partial charge >= 0.3 is 5.97 Å². The first kappa shape index (κ1) is 16.2. The van der Waals surface area contributed by atoms with Gasteiger partial charge in [0.1, 0.15) is 5.82 Å². The summed E-state index contributed by atoms with van der Waals surface area (Å²) in [6.07, 6.45) is 0.0218. The van der Waals surface area contributed by atoms with Crippen LogP contribution in [0.3, 0.4) is 0 Å². The number of nitrogens with two attached hydrogens (primary N) is 1. The van der Waals surface area contributed by atoms with Crippen LogP contribution in [-0.2, 0) is 4.74 Å². The van der Waals surface area contributed by atoms with Crippen molar-refractivity contribution >= 4 is 17.3 Å². The number of esters is 1. The van der Waals surface area contributed by atoms with Gasteiger partial charge in [0.25, 0.3) is 0 Å². The second-order valence-electron chi connectivity index (χ2n) is 4.67. The third-order valence-electron chi connectivity index (χ3n) is 2.91. The van der Waals surface area contributed by atoms with E-state index in [0.717, 1.165) is 6.07 Å². The van der Waals surface area contributed by atoms with Crippen molar-refractivity contribution in [1.29, 1.82) is 0 Å². The monoisotopic (exact) mass is 284 g/mol. The standard InChI is InChI=1S/C14H21FN2O3/c1-4-20-14(19)10-7-13(11(15)8-12(10)16)17(3)6-5-9(2)18/h7-9,18H,4-6,16H2,1-3H3. The van der Waals surface area contributed by atoms with Crippen molar-refractivity contribution < 1.29 is 19.0 Å². The fraction of sp³-hybridized carbons (Fsp3) is 0.500. The number of nitrogens with zero attached hydrogens (tertiary/aromatic N) is 1. The summed E-state index contributed by atoms with van der Waals surface area (Å²) in [6.45, 7) is 4.04. The predicted octanol–water partition coefficient (Wildman–Crippen LogP) is 1.79. The van der Waals surface area contributed by atoms with Crippen LogP contribution in [0.4, 0.5) is 15.8 Å². The van der Waals surface area contributed by atoms with Gasteiger partial charge in [0, 0.05) is 19.3 Å². The van der Waals surface area contributed by atoms with Gasteiger partial charge in [-0.3, -0.25) is 0 Å². The molecular formula is C14H21FN2O3. The van der Waals surface area contributed by atoms with E-state index in [0.29, 0.717) is 13.0 Å². The van der Waals surface area contributed by atoms with E-state index in [-0.39, 0.29) is 23.5 Å². The molecule has 0 spiro atoms. The molecule has 0 aliphatic carbocycles. The number of aliphatic hydroxyl groups excluding tert-OH is 1. The molecule has 0 aromatic heterocycles. The van der Waals surface area contributed by atoms with Crippen molar-refractivity contribution in [2.45, 2.75) is 26.4 Å². The quantitative estimate of drug-likeness (QED) is 0.615. The maximum absolute atomic E-state index is 13.9. The van der Waals surface area contributed by atoms with Gasteiger partial charge in [-0.2, -0.15) is 0 Å². The van der Waals surface area contributed by atoms with Crippen LogP contribution in [0.15, 0.2) is 12.1 Å². The highest BCUT2D eigenvalue weighted by molar-refractivity contribution is 5.96. The highest BCUT2D eigenvalue weighted by Crippen LogP contribution is 2.25. The first-order chi connectivity index (χ1) is 9.36. The third kappa shape index (κ3) is 4.09. The molecule has 20 heavy (non-hydrogen) atoms. The molecule has 0 heterocycles. The highest BCUT2D eigenvalue weighted by atomic mass is 19.1. The number of halogens is 1. The second kappa shape index (κ2) is 7.09. The number of benzene rings is 1. The van der Waals surface area contributed by atoms with E-state index in [2.05, 4.69) is 0 Å². The van der Waals surface area contributed by atoms with Crippen molar-refractivity contribution in [3.8, 4) is 0 Å². The minimum absolute atomic E-state index is 0.0497. The summed E-state index contributed by atoms with van der Waals surface area (Å²) in [5.74, 6) is -1.08. The SMILES string of the molecule is CCOC(=O)c1cc(N(C)CCC(C)O)c(F)cc1N. The molecule has 5 nitrogen and oxygen atoms in total. The lowest BCUT2D eigenvalue weighted by atomic mass is 10.1. The zero-order valence-corrected chi connectivity index (χ0v) is 12.0. The Kier molecular flexibility index (Phi) is 5.76. The second-order valence-corrected chi connectivity index (χ2v) is 4.67. The van der Waals surface area contributed by atoms with Gasteiger partial charge in [-0.15, -0.1) is 0 Å². The molecule has 3 N–H and O–H groups in total. The first-order valence-electron chi connectivity index (χ1n) is 6.52. The molecule has 0 amide bonds. The number of ether oxygens (including phenoxy) is 1. The number of anilines is 2. The van der Waals surface area contributed by atoms with Crippen LogP contribution >= 0.6 is 0 Å². The van der Waals surface area contributed by atoms with E-state index in [4.69, 9.17) is 10.5 Å². The summed E-state index contributed by atoms with van der Waals surface area (Å²) >= 11 is 0. The Bertz CT molecular complexity index is 478. The molecule has 0 radical (unpaired) electrons. The van der Waals surface area contributed by atoms with Crippen LogP contribution < -0.4 is 10.6 Å². The Morgan fingerprint density at radius 2 is 2.20 bits per heavy atom. The molecule has 0 fully saturated rings. The van der Waals surface area contributed by atoms with Gasteiger partial charge in [0.15, 0.2) is 0 Å². The van der Waals surface area contributed by atoms with Crippen molar-refractivity contribution in [3.05, 3.63) is 23.5 Å². The van der Waals surface area contributed by atoms with Gasteiger partial charge < -0.3 is 20.5 Å². The summed E-state index contributed by atoms with van der Waals surface area (Å²) in [4.78, 5) is 13.4. The van der Waals surface area contributed by atoms with E-state index >= 15 is 0 Å². The number of hydrogen-bond acceptors (Lipinski definition) is 5. The van der Waals surface area contributed by atoms with E-state index in [9.17, 15) is 14.3 Å². The maximum atomic E-state index is 13.9. The minimum Gasteiger partial charge on any atom is -0.462 e. The lowest BCUT2D eigenvalue weighted by Crippen LogP contribution is -2.23. The minimum atomic E-state index is -0.574. The number of hydrogen-bond donors (Lipinski definition) is 2. The fourth-order valence-corrected chi connectivity index (χ4v) is 1.76. The Morgan fingerprint density at radius 1 is 1.55 bits per heavy atom. The van der Waals surface area contributed by atoms with E-state index in [1.54, 1.807) is 25.8 Å². The molecule has 112 valence electrons. The van der Waals surface area contributed by atoms with Crippen molar-refractivity contribution in [1.82, 2.24) is 0 Å². The van der Waals surface area contributed by atoms with Crippen molar-refractivity contribution in [2.75, 3.05) is 30.8 Å². The Labute approximate surface area is 118 Å². The molecule has 1 atom stereocenters. The Balaban J connectivity index is 3.01. The van der Waals surface area contributed by atoms with E-state index in [1.165, 1.54) is 6.07 Å². The first-order valence-corrected chi connectivity index (χ1v) is 6.52. The third-order valence-corrected chi connectivity index (χ3v) is 2.91. The van der Waals surface area contributed by atoms with Gasteiger partial charge in [0.2, 0.25) is 0 Å². The lowest BCUT2D eigenvalue weighted by Gasteiger charge is -2.21. The number of rotatable bonds is 6. The largest absolute Gasteiger partial charge is 0.462 e. The van der Waals surface area contributed by atoms with Crippen molar-refractivity contribution in [2.24, 2.45) is 0 Å². The van der Waals surface area contributed by atoms with E-state index < -0.39 is 17.9 Å². The van der Waals surface area contributed by atoms with Crippen LogP contribution in [0.25, 0.3) is 0 Å². The summed E-state index contributed by atoms with van der Waals surface area (Å²) in [6, 6.07) is 2.49. The lowest BCUT2D eigenvalue weighted by molar-refractivity contribution is 0.0527. The molecule has 0 bridgehead atoms. The molecule has 1 rings (SSSR count). The van der Waals surface area contributed by atoms with E-state index in [1.807, 2.05) is 0 Å². The zero-order valence-electron chi connectivity index (χ0n) is 12.0.